The lowest BCUT2D eigenvalue weighted by atomic mass is 10.0. The van der Waals surface area contributed by atoms with Gasteiger partial charge in [-0.2, -0.15) is 0 Å². The highest BCUT2D eigenvalue weighted by Crippen LogP contribution is 2.36. The van der Waals surface area contributed by atoms with Crippen molar-refractivity contribution in [1.29, 1.82) is 0 Å². The molecule has 140 valence electrons. The van der Waals surface area contributed by atoms with Crippen molar-refractivity contribution >= 4 is 11.4 Å². The predicted molar refractivity (Wildman–Crippen MR) is 116 cm³/mol. The number of aryl methyl sites for hydroxylation is 4. The molecule has 0 radical (unpaired) electrons. The maximum absolute atomic E-state index is 5.50. The lowest BCUT2D eigenvalue weighted by Crippen LogP contribution is -2.15. The van der Waals surface area contributed by atoms with Crippen molar-refractivity contribution in [3.8, 4) is 5.75 Å². The monoisotopic (exact) mass is 351 g/mol. The molecule has 0 saturated heterocycles. The smallest absolute Gasteiger partial charge is 0.124 e. The van der Waals surface area contributed by atoms with Crippen molar-refractivity contribution in [3.05, 3.63) is 77.0 Å². The molecule has 0 N–H and O–H groups in total. The summed E-state index contributed by atoms with van der Waals surface area (Å²) in [5, 5.41) is 0. The van der Waals surface area contributed by atoms with Gasteiger partial charge in [-0.05, 0) is 92.8 Å². The number of methoxy groups -OCH3 is 1. The van der Waals surface area contributed by atoms with Crippen LogP contribution in [0.2, 0.25) is 0 Å². The average Bonchev–Trinajstić information content (AvgIpc) is 2.61. The van der Waals surface area contributed by atoms with Gasteiger partial charge in [-0.3, -0.25) is 0 Å². The number of allylic oxidation sites excluding steroid dienone is 1. The van der Waals surface area contributed by atoms with Crippen LogP contribution in [0.15, 0.2) is 49.2 Å². The Balaban J connectivity index is 0.00000163. The average molecular weight is 352 g/mol. The molecule has 0 unspecified atom stereocenters. The summed E-state index contributed by atoms with van der Waals surface area (Å²) in [6.07, 6.45) is 1.79. The van der Waals surface area contributed by atoms with Crippen LogP contribution in [0.3, 0.4) is 0 Å². The highest BCUT2D eigenvalue weighted by molar-refractivity contribution is 5.73. The molecule has 0 heterocycles. The molecule has 2 aromatic rings. The Labute approximate surface area is 159 Å². The minimum atomic E-state index is 0.849. The van der Waals surface area contributed by atoms with Crippen molar-refractivity contribution in [1.82, 2.24) is 0 Å². The van der Waals surface area contributed by atoms with E-state index in [0.29, 0.717) is 0 Å². The van der Waals surface area contributed by atoms with E-state index in [4.69, 9.17) is 4.74 Å². The number of anilines is 2. The Kier molecular flexibility index (Phi) is 7.70. The highest BCUT2D eigenvalue weighted by atomic mass is 16.5. The first-order valence-corrected chi connectivity index (χ1v) is 9.14. The van der Waals surface area contributed by atoms with E-state index >= 15 is 0 Å². The molecule has 0 atom stereocenters. The van der Waals surface area contributed by atoms with E-state index in [1.54, 1.807) is 13.2 Å². The molecule has 2 aromatic carbocycles. The van der Waals surface area contributed by atoms with Gasteiger partial charge in [0.05, 0.1) is 7.11 Å². The van der Waals surface area contributed by atoms with Gasteiger partial charge in [-0.25, -0.2) is 0 Å². The van der Waals surface area contributed by atoms with Crippen LogP contribution in [0.5, 0.6) is 5.75 Å². The second kappa shape index (κ2) is 9.28. The predicted octanol–water partition coefficient (Wildman–Crippen LogP) is 7.10. The number of benzene rings is 2. The number of rotatable bonds is 5. The highest BCUT2D eigenvalue weighted by Gasteiger charge is 2.16. The summed E-state index contributed by atoms with van der Waals surface area (Å²) in [7, 11) is 1.71. The summed E-state index contributed by atoms with van der Waals surface area (Å²) in [6, 6.07) is 8.66. The first-order valence-electron chi connectivity index (χ1n) is 9.14. The van der Waals surface area contributed by atoms with Crippen molar-refractivity contribution in [2.45, 2.75) is 48.5 Å². The van der Waals surface area contributed by atoms with Crippen LogP contribution in [0.1, 0.15) is 41.7 Å². The summed E-state index contributed by atoms with van der Waals surface area (Å²) in [6.45, 7) is 22.7. The summed E-state index contributed by atoms with van der Waals surface area (Å²) >= 11 is 0. The number of ether oxygens (including phenoxy) is 1. The Morgan fingerprint density at radius 3 is 1.58 bits per heavy atom. The lowest BCUT2D eigenvalue weighted by Gasteiger charge is -2.28. The van der Waals surface area contributed by atoms with Crippen LogP contribution < -0.4 is 9.64 Å². The number of hydrogen-bond donors (Lipinski definition) is 0. The van der Waals surface area contributed by atoms with Gasteiger partial charge < -0.3 is 9.64 Å². The zero-order valence-electron chi connectivity index (χ0n) is 17.7. The van der Waals surface area contributed by atoms with Gasteiger partial charge >= 0.3 is 0 Å². The zero-order valence-corrected chi connectivity index (χ0v) is 17.7. The van der Waals surface area contributed by atoms with Gasteiger partial charge in [0.2, 0.25) is 0 Å². The first kappa shape index (κ1) is 21.6. The van der Waals surface area contributed by atoms with Crippen LogP contribution >= 0.6 is 0 Å². The molecule has 0 fully saturated rings. The minimum Gasteiger partial charge on any atom is -0.496 e. The fourth-order valence-corrected chi connectivity index (χ4v) is 3.09. The minimum absolute atomic E-state index is 0.849. The Morgan fingerprint density at radius 1 is 0.846 bits per heavy atom. The molecule has 0 aromatic heterocycles. The van der Waals surface area contributed by atoms with Crippen LogP contribution in [0, 0.1) is 34.6 Å². The lowest BCUT2D eigenvalue weighted by molar-refractivity contribution is 0.408. The third-order valence-electron chi connectivity index (χ3n) is 4.60. The van der Waals surface area contributed by atoms with E-state index in [1.165, 1.54) is 16.7 Å². The van der Waals surface area contributed by atoms with Crippen molar-refractivity contribution in [2.75, 3.05) is 12.0 Å². The Morgan fingerprint density at radius 2 is 1.23 bits per heavy atom. The van der Waals surface area contributed by atoms with Gasteiger partial charge in [0, 0.05) is 17.1 Å². The Bertz CT molecular complexity index is 756. The zero-order chi connectivity index (χ0) is 20.0. The number of nitrogens with zero attached hydrogens (tertiary/aromatic N) is 1. The van der Waals surface area contributed by atoms with Crippen LogP contribution in [-0.4, -0.2) is 7.11 Å². The molecule has 0 aliphatic heterocycles. The molecular formula is C24H33NO. The quantitative estimate of drug-likeness (QED) is 0.533. The van der Waals surface area contributed by atoms with E-state index in [2.05, 4.69) is 76.9 Å². The van der Waals surface area contributed by atoms with Crippen LogP contribution in [-0.2, 0) is 0 Å². The van der Waals surface area contributed by atoms with Crippen LogP contribution in [0.4, 0.5) is 11.4 Å². The van der Waals surface area contributed by atoms with Gasteiger partial charge in [0.1, 0.15) is 5.75 Å². The van der Waals surface area contributed by atoms with E-state index < -0.39 is 0 Å². The van der Waals surface area contributed by atoms with Crippen molar-refractivity contribution in [3.63, 3.8) is 0 Å². The summed E-state index contributed by atoms with van der Waals surface area (Å²) in [5.74, 6) is 0.930. The fraction of sp³-hybridized carbons (Fsp3) is 0.333. The van der Waals surface area contributed by atoms with Gasteiger partial charge in [-0.1, -0.05) is 27.0 Å². The fourth-order valence-electron chi connectivity index (χ4n) is 3.09. The number of hydrogen-bond acceptors (Lipinski definition) is 2. The maximum atomic E-state index is 5.50. The summed E-state index contributed by atoms with van der Waals surface area (Å²) < 4.78 is 5.50. The SMILES string of the molecule is C=CC(=C)N(c1cc(C)c(C)c(C)c1)c1cc(C)c(OC)c(C)c1.CC. The maximum Gasteiger partial charge on any atom is 0.124 e. The standard InChI is InChI=1S/C22H27NO.C2H6/c1-9-18(6)23(20-10-14(2)19(7)15(3)11-20)21-12-16(4)22(24-8)17(5)13-21;1-2/h9-13H,1,6H2,2-5,7-8H3;1-2H3. The van der Waals surface area contributed by atoms with Gasteiger partial charge in [0.15, 0.2) is 0 Å². The molecule has 0 saturated carbocycles. The third kappa shape index (κ3) is 4.37. The van der Waals surface area contributed by atoms with Crippen LogP contribution in [0.25, 0.3) is 0 Å². The molecule has 26 heavy (non-hydrogen) atoms. The van der Waals surface area contributed by atoms with Gasteiger partial charge in [0.25, 0.3) is 0 Å². The molecule has 0 amide bonds. The first-order chi connectivity index (χ1) is 12.3. The molecule has 0 spiro atoms. The molecule has 2 heteroatoms. The van der Waals surface area contributed by atoms with Crippen molar-refractivity contribution < 1.29 is 4.74 Å². The van der Waals surface area contributed by atoms with Crippen molar-refractivity contribution in [2.24, 2.45) is 0 Å². The topological polar surface area (TPSA) is 12.5 Å². The largest absolute Gasteiger partial charge is 0.496 e. The second-order valence-corrected chi connectivity index (χ2v) is 6.35. The third-order valence-corrected chi connectivity index (χ3v) is 4.60. The molecule has 0 aliphatic rings. The molecule has 0 aliphatic carbocycles. The summed E-state index contributed by atoms with van der Waals surface area (Å²) in [4.78, 5) is 2.14. The summed E-state index contributed by atoms with van der Waals surface area (Å²) in [5.41, 5.74) is 9.10. The van der Waals surface area contributed by atoms with Gasteiger partial charge in [-0.15, -0.1) is 0 Å². The van der Waals surface area contributed by atoms with E-state index in [0.717, 1.165) is 33.9 Å². The van der Waals surface area contributed by atoms with E-state index in [-0.39, 0.29) is 0 Å². The second-order valence-electron chi connectivity index (χ2n) is 6.35. The Hall–Kier alpha value is -2.48. The molecule has 2 rings (SSSR count). The van der Waals surface area contributed by atoms with E-state index in [1.807, 2.05) is 13.8 Å². The normalized spacial score (nSPS) is 9.85. The molecule has 0 bridgehead atoms. The molecular weight excluding hydrogens is 318 g/mol. The van der Waals surface area contributed by atoms with E-state index in [9.17, 15) is 0 Å². The molecule has 2 nitrogen and oxygen atoms in total.